The Hall–Kier alpha value is -4.41. The molecule has 0 bridgehead atoms. The normalized spacial score (nSPS) is 14.1. The van der Waals surface area contributed by atoms with Crippen molar-refractivity contribution in [1.29, 1.82) is 0 Å². The van der Waals surface area contributed by atoms with Crippen LogP contribution in [0.3, 0.4) is 0 Å². The first-order valence-corrected chi connectivity index (χ1v) is 15.6. The van der Waals surface area contributed by atoms with Crippen LogP contribution in [-0.4, -0.2) is 45.9 Å². The van der Waals surface area contributed by atoms with E-state index in [0.29, 0.717) is 27.8 Å². The van der Waals surface area contributed by atoms with Crippen LogP contribution < -0.4 is 17.0 Å². The van der Waals surface area contributed by atoms with Crippen LogP contribution in [0, 0.1) is 11.2 Å². The third kappa shape index (κ3) is 6.19. The summed E-state index contributed by atoms with van der Waals surface area (Å²) in [6, 6.07) is 17.3. The second-order valence-corrected chi connectivity index (χ2v) is 13.4. The number of carbonyl (C=O) groups is 3. The van der Waals surface area contributed by atoms with E-state index in [1.54, 1.807) is 44.2 Å². The van der Waals surface area contributed by atoms with Crippen LogP contribution in [0.25, 0.3) is 22.0 Å². The van der Waals surface area contributed by atoms with E-state index in [1.807, 2.05) is 80.3 Å². The van der Waals surface area contributed by atoms with Gasteiger partial charge in [0.25, 0.3) is 6.73 Å². The molecule has 238 valence electrons. The maximum Gasteiger partial charge on any atom is 0.328 e. The largest absolute Gasteiger partial charge is 1.00 e. The number of pyridine rings is 1. The Morgan fingerprint density at radius 2 is 1.74 bits per heavy atom. The van der Waals surface area contributed by atoms with Gasteiger partial charge in [-0.15, -0.1) is 11.8 Å². The van der Waals surface area contributed by atoms with E-state index in [1.165, 1.54) is 21.6 Å². The lowest BCUT2D eigenvalue weighted by Gasteiger charge is -2.15. The van der Waals surface area contributed by atoms with Crippen molar-refractivity contribution in [3.05, 3.63) is 114 Å². The summed E-state index contributed by atoms with van der Waals surface area (Å²) < 4.78 is 24.5. The number of aromatic nitrogens is 3. The number of amides is 1. The van der Waals surface area contributed by atoms with Gasteiger partial charge < -0.3 is 26.6 Å². The molecule has 0 radical (unpaired) electrons. The van der Waals surface area contributed by atoms with Gasteiger partial charge in [-0.25, -0.2) is 9.18 Å². The van der Waals surface area contributed by atoms with E-state index in [2.05, 4.69) is 4.57 Å². The van der Waals surface area contributed by atoms with E-state index in [4.69, 9.17) is 4.74 Å². The Morgan fingerprint density at radius 1 is 1.02 bits per heavy atom. The monoisotopic (exact) mass is 660 g/mol. The van der Waals surface area contributed by atoms with Gasteiger partial charge in [0.1, 0.15) is 11.2 Å². The maximum atomic E-state index is 14.2. The molecule has 11 heteroatoms. The van der Waals surface area contributed by atoms with E-state index in [-0.39, 0.29) is 48.1 Å². The lowest BCUT2D eigenvalue weighted by Crippen LogP contribution is -3.00. The van der Waals surface area contributed by atoms with Crippen molar-refractivity contribution in [1.82, 2.24) is 14.0 Å². The van der Waals surface area contributed by atoms with Gasteiger partial charge in [0.15, 0.2) is 18.2 Å². The van der Waals surface area contributed by atoms with Crippen molar-refractivity contribution in [2.24, 2.45) is 5.41 Å². The molecule has 0 fully saturated rings. The molecule has 0 unspecified atom stereocenters. The molecule has 46 heavy (non-hydrogen) atoms. The number of benzene rings is 2. The molecule has 0 N–H and O–H groups in total. The number of rotatable bonds is 6. The molecule has 0 saturated heterocycles. The van der Waals surface area contributed by atoms with Gasteiger partial charge in [0, 0.05) is 66.1 Å². The first-order chi connectivity index (χ1) is 21.4. The lowest BCUT2D eigenvalue weighted by atomic mass is 9.98. The van der Waals surface area contributed by atoms with E-state index < -0.39 is 5.41 Å². The zero-order chi connectivity index (χ0) is 32.0. The lowest BCUT2D eigenvalue weighted by molar-refractivity contribution is -0.728. The average Bonchev–Trinajstić information content (AvgIpc) is 3.73. The van der Waals surface area contributed by atoms with Gasteiger partial charge in [-0.1, -0.05) is 24.3 Å². The molecule has 2 aromatic carbocycles. The number of hydrogen-bond acceptors (Lipinski definition) is 5. The van der Waals surface area contributed by atoms with Crippen LogP contribution in [0.2, 0.25) is 0 Å². The number of ketones is 1. The number of nitrogens with zero attached hydrogens (tertiary/aromatic N) is 4. The molecule has 0 aliphatic carbocycles. The molecule has 1 atom stereocenters. The Balaban J connectivity index is 0.00000417. The number of hydrogen-bond donors (Lipinski definition) is 0. The van der Waals surface area contributed by atoms with Crippen molar-refractivity contribution in [2.75, 3.05) is 14.1 Å². The minimum absolute atomic E-state index is 0. The van der Waals surface area contributed by atoms with E-state index in [9.17, 15) is 18.8 Å². The topological polar surface area (TPSA) is 77.4 Å². The highest BCUT2D eigenvalue weighted by Gasteiger charge is 2.32. The van der Waals surface area contributed by atoms with Gasteiger partial charge in [-0.3, -0.25) is 14.2 Å². The first kappa shape index (κ1) is 33.0. The van der Waals surface area contributed by atoms with Crippen molar-refractivity contribution < 1.29 is 40.5 Å². The zero-order valence-electron chi connectivity index (χ0n) is 26.2. The summed E-state index contributed by atoms with van der Waals surface area (Å²) in [5, 5.41) is 0.611. The molecule has 3 aromatic heterocycles. The second kappa shape index (κ2) is 12.8. The number of thioether (sulfide) groups is 1. The maximum absolute atomic E-state index is 14.2. The summed E-state index contributed by atoms with van der Waals surface area (Å²) in [4.78, 5) is 41.1. The van der Waals surface area contributed by atoms with Crippen molar-refractivity contribution in [2.45, 2.75) is 38.6 Å². The van der Waals surface area contributed by atoms with Crippen LogP contribution in [0.4, 0.5) is 9.18 Å². The molecular weight excluding hydrogens is 627 g/mol. The van der Waals surface area contributed by atoms with Gasteiger partial charge in [-0.05, 0) is 62.2 Å². The fraction of sp³-hybridized carbons (Fsp3) is 0.257. The van der Waals surface area contributed by atoms with Gasteiger partial charge in [-0.2, -0.15) is 4.57 Å². The summed E-state index contributed by atoms with van der Waals surface area (Å²) in [7, 11) is 3.33. The fourth-order valence-electron chi connectivity index (χ4n) is 5.42. The molecule has 5 aromatic rings. The second-order valence-electron chi connectivity index (χ2n) is 12.4. The number of ether oxygens (including phenoxy) is 1. The minimum Gasteiger partial charge on any atom is -1.00 e. The molecule has 8 nitrogen and oxygen atoms in total. The zero-order valence-corrected chi connectivity index (χ0v) is 27.7. The fourth-order valence-corrected chi connectivity index (χ4v) is 6.73. The minimum atomic E-state index is -0.584. The van der Waals surface area contributed by atoms with Crippen molar-refractivity contribution >= 4 is 40.4 Å². The van der Waals surface area contributed by atoms with Crippen LogP contribution in [0.15, 0.2) is 85.5 Å². The Labute approximate surface area is 277 Å². The first-order valence-electron chi connectivity index (χ1n) is 14.6. The summed E-state index contributed by atoms with van der Waals surface area (Å²) in [6.45, 7) is 5.57. The SMILES string of the molecule is CN(C)C(=O)n1cc(C(=O)c2ccn3c2CS[C@@H]3c2ccc[n+](COC(=O)C(C)(C)C)c2)c2ccc(-c3ccc(F)cc3)cc21.[Cl-]. The Bertz CT molecular complexity index is 1960. The smallest absolute Gasteiger partial charge is 0.328 e. The van der Waals surface area contributed by atoms with Crippen LogP contribution in [-0.2, 0) is 22.0 Å². The highest BCUT2D eigenvalue weighted by molar-refractivity contribution is 7.99. The molecule has 4 heterocycles. The highest BCUT2D eigenvalue weighted by atomic mass is 35.5. The van der Waals surface area contributed by atoms with Gasteiger partial charge in [0.05, 0.1) is 10.9 Å². The van der Waals surface area contributed by atoms with Crippen LogP contribution >= 0.6 is 11.8 Å². The standard InChI is InChI=1S/C35H34FN4O4S.ClH/c1-35(2,3)33(42)44-21-38-15-6-7-24(18-38)32-39-16-14-27(30(39)20-45-32)31(41)28-19-40(34(43)37(4)5)29-17-23(10-13-26(28)29)22-8-11-25(36)12-9-22;/h6-19,32H,20-21H2,1-5H3;1H/q+1;/p-1/t32-;/m1./s1. The predicted molar refractivity (Wildman–Crippen MR) is 171 cm³/mol. The summed E-state index contributed by atoms with van der Waals surface area (Å²) >= 11 is 1.71. The van der Waals surface area contributed by atoms with Gasteiger partial charge >= 0.3 is 12.0 Å². The third-order valence-electron chi connectivity index (χ3n) is 7.84. The molecule has 1 aliphatic heterocycles. The van der Waals surface area contributed by atoms with Crippen molar-refractivity contribution in [3.63, 3.8) is 0 Å². The average molecular weight is 661 g/mol. The van der Waals surface area contributed by atoms with Crippen LogP contribution in [0.5, 0.6) is 0 Å². The van der Waals surface area contributed by atoms with E-state index in [0.717, 1.165) is 22.4 Å². The molecule has 1 aliphatic rings. The van der Waals surface area contributed by atoms with E-state index >= 15 is 0 Å². The Kier molecular flexibility index (Phi) is 9.15. The molecule has 0 spiro atoms. The Morgan fingerprint density at radius 3 is 2.43 bits per heavy atom. The quantitative estimate of drug-likeness (QED) is 0.158. The summed E-state index contributed by atoms with van der Waals surface area (Å²) in [6.07, 6.45) is 7.37. The highest BCUT2D eigenvalue weighted by Crippen LogP contribution is 2.42. The number of halogens is 2. The summed E-state index contributed by atoms with van der Waals surface area (Å²) in [5.41, 5.74) is 4.58. The molecule has 6 rings (SSSR count). The number of carbonyl (C=O) groups excluding carboxylic acids is 3. The molecule has 1 amide bonds. The summed E-state index contributed by atoms with van der Waals surface area (Å²) in [5.74, 6) is -0.123. The van der Waals surface area contributed by atoms with Gasteiger partial charge in [0.2, 0.25) is 0 Å². The molecule has 0 saturated carbocycles. The predicted octanol–water partition coefficient (Wildman–Crippen LogP) is 3.64. The molecular formula is C35H34ClFN4O4S. The number of esters is 1. The van der Waals surface area contributed by atoms with Crippen LogP contribution in [0.1, 0.15) is 53.3 Å². The third-order valence-corrected chi connectivity index (χ3v) is 9.09. The van der Waals surface area contributed by atoms with Crippen molar-refractivity contribution in [3.8, 4) is 11.1 Å². The number of fused-ring (bicyclic) bond motifs is 2.